The highest BCUT2D eigenvalue weighted by molar-refractivity contribution is 5.52. The molecule has 19 heavy (non-hydrogen) atoms. The van der Waals surface area contributed by atoms with Gasteiger partial charge in [0, 0.05) is 12.2 Å². The molecule has 106 valence electrons. The molecule has 0 amide bonds. The topological polar surface area (TPSA) is 41.5 Å². The Bertz CT molecular complexity index is 400. The summed E-state index contributed by atoms with van der Waals surface area (Å²) in [5, 5.41) is 13.2. The van der Waals surface area contributed by atoms with Crippen molar-refractivity contribution in [3.05, 3.63) is 29.3 Å². The van der Waals surface area contributed by atoms with Gasteiger partial charge in [-0.1, -0.05) is 25.0 Å². The number of aliphatic hydroxyl groups is 1. The number of anilines is 1. The second kappa shape index (κ2) is 6.92. The van der Waals surface area contributed by atoms with Crippen molar-refractivity contribution in [1.82, 2.24) is 0 Å². The van der Waals surface area contributed by atoms with Gasteiger partial charge in [0.1, 0.15) is 0 Å². The fourth-order valence-corrected chi connectivity index (χ4v) is 2.52. The van der Waals surface area contributed by atoms with Crippen LogP contribution in [-0.2, 0) is 4.74 Å². The second-order valence-electron chi connectivity index (χ2n) is 5.59. The Balaban J connectivity index is 1.73. The third-order valence-electron chi connectivity index (χ3n) is 3.75. The van der Waals surface area contributed by atoms with Gasteiger partial charge < -0.3 is 15.2 Å². The van der Waals surface area contributed by atoms with Crippen molar-refractivity contribution in [1.29, 1.82) is 0 Å². The van der Waals surface area contributed by atoms with Crippen LogP contribution in [0.15, 0.2) is 18.2 Å². The Morgan fingerprint density at radius 3 is 2.79 bits per heavy atom. The van der Waals surface area contributed by atoms with E-state index < -0.39 is 6.10 Å². The molecule has 1 saturated carbocycles. The van der Waals surface area contributed by atoms with Crippen LogP contribution in [-0.4, -0.2) is 30.5 Å². The van der Waals surface area contributed by atoms with E-state index in [4.69, 9.17) is 4.74 Å². The molecular formula is C16H25NO2. The molecule has 1 unspecified atom stereocenters. The summed E-state index contributed by atoms with van der Waals surface area (Å²) in [6, 6.07) is 6.30. The first kappa shape index (κ1) is 14.4. The van der Waals surface area contributed by atoms with Crippen LogP contribution >= 0.6 is 0 Å². The summed E-state index contributed by atoms with van der Waals surface area (Å²) < 4.78 is 5.72. The molecule has 1 aliphatic rings. The fraction of sp³-hybridized carbons (Fsp3) is 0.625. The maximum Gasteiger partial charge on any atom is 0.0945 e. The maximum atomic E-state index is 9.94. The zero-order valence-corrected chi connectivity index (χ0v) is 12.0. The van der Waals surface area contributed by atoms with Gasteiger partial charge in [-0.3, -0.25) is 0 Å². The summed E-state index contributed by atoms with van der Waals surface area (Å²) in [4.78, 5) is 0. The lowest BCUT2D eigenvalue weighted by molar-refractivity contribution is -0.00117. The smallest absolute Gasteiger partial charge is 0.0945 e. The van der Waals surface area contributed by atoms with Crippen LogP contribution in [0.4, 0.5) is 5.69 Å². The number of nitrogens with one attached hydrogen (secondary N) is 1. The maximum absolute atomic E-state index is 9.94. The minimum atomic E-state index is -0.444. The monoisotopic (exact) mass is 263 g/mol. The summed E-state index contributed by atoms with van der Waals surface area (Å²) in [5.41, 5.74) is 3.53. The molecule has 0 saturated heterocycles. The Morgan fingerprint density at radius 1 is 1.32 bits per heavy atom. The van der Waals surface area contributed by atoms with Crippen LogP contribution in [0.25, 0.3) is 0 Å². The molecule has 1 aromatic rings. The molecular weight excluding hydrogens is 238 g/mol. The van der Waals surface area contributed by atoms with Crippen LogP contribution < -0.4 is 5.32 Å². The largest absolute Gasteiger partial charge is 0.389 e. The summed E-state index contributed by atoms with van der Waals surface area (Å²) >= 11 is 0. The second-order valence-corrected chi connectivity index (χ2v) is 5.59. The average Bonchev–Trinajstić information content (AvgIpc) is 2.90. The van der Waals surface area contributed by atoms with Crippen molar-refractivity contribution < 1.29 is 9.84 Å². The van der Waals surface area contributed by atoms with Gasteiger partial charge in [-0.25, -0.2) is 0 Å². The van der Waals surface area contributed by atoms with E-state index in [9.17, 15) is 5.11 Å². The Hall–Kier alpha value is -1.06. The van der Waals surface area contributed by atoms with Crippen LogP contribution in [0.5, 0.6) is 0 Å². The summed E-state index contributed by atoms with van der Waals surface area (Å²) in [6.07, 6.45) is 4.76. The third-order valence-corrected chi connectivity index (χ3v) is 3.75. The predicted octanol–water partition coefficient (Wildman–Crippen LogP) is 3.04. The first-order chi connectivity index (χ1) is 9.15. The van der Waals surface area contributed by atoms with Crippen molar-refractivity contribution in [2.24, 2.45) is 0 Å². The highest BCUT2D eigenvalue weighted by Crippen LogP contribution is 2.21. The molecule has 3 heteroatoms. The molecule has 1 fully saturated rings. The molecule has 1 aromatic carbocycles. The van der Waals surface area contributed by atoms with E-state index in [0.717, 1.165) is 18.5 Å². The number of aryl methyl sites for hydroxylation is 2. The van der Waals surface area contributed by atoms with E-state index in [2.05, 4.69) is 37.4 Å². The number of aliphatic hydroxyl groups excluding tert-OH is 1. The Kier molecular flexibility index (Phi) is 5.23. The molecule has 0 radical (unpaired) electrons. The minimum absolute atomic E-state index is 0.371. The fourth-order valence-electron chi connectivity index (χ4n) is 2.52. The molecule has 0 aromatic heterocycles. The first-order valence-corrected chi connectivity index (χ1v) is 7.26. The average molecular weight is 263 g/mol. The van der Waals surface area contributed by atoms with Crippen molar-refractivity contribution in [3.8, 4) is 0 Å². The molecule has 0 heterocycles. The van der Waals surface area contributed by atoms with Crippen molar-refractivity contribution in [2.75, 3.05) is 18.5 Å². The van der Waals surface area contributed by atoms with Crippen molar-refractivity contribution >= 4 is 5.69 Å². The number of ether oxygens (including phenoxy) is 1. The lowest BCUT2D eigenvalue weighted by atomic mass is 10.1. The first-order valence-electron chi connectivity index (χ1n) is 7.26. The summed E-state index contributed by atoms with van der Waals surface area (Å²) in [7, 11) is 0. The number of benzene rings is 1. The van der Waals surface area contributed by atoms with Crippen molar-refractivity contribution in [3.63, 3.8) is 0 Å². The third kappa shape index (κ3) is 4.51. The van der Waals surface area contributed by atoms with Gasteiger partial charge in [-0.2, -0.15) is 0 Å². The van der Waals surface area contributed by atoms with Gasteiger partial charge in [0.25, 0.3) is 0 Å². The van der Waals surface area contributed by atoms with Crippen LogP contribution in [0.3, 0.4) is 0 Å². The molecule has 0 bridgehead atoms. The SMILES string of the molecule is Cc1ccc(C)c(NCC(O)COC2CCCC2)c1. The van der Waals surface area contributed by atoms with Crippen LogP contribution in [0.2, 0.25) is 0 Å². The van der Waals surface area contributed by atoms with E-state index in [1.54, 1.807) is 0 Å². The number of hydrogen-bond acceptors (Lipinski definition) is 3. The molecule has 3 nitrogen and oxygen atoms in total. The van der Waals surface area contributed by atoms with E-state index in [-0.39, 0.29) is 0 Å². The van der Waals surface area contributed by atoms with E-state index in [1.807, 2.05) is 0 Å². The van der Waals surface area contributed by atoms with Gasteiger partial charge in [-0.05, 0) is 43.9 Å². The van der Waals surface area contributed by atoms with Gasteiger partial charge in [0.2, 0.25) is 0 Å². The normalized spacial score (nSPS) is 17.6. The molecule has 2 rings (SSSR count). The molecule has 1 aliphatic carbocycles. The molecule has 0 aliphatic heterocycles. The van der Waals surface area contributed by atoms with Crippen molar-refractivity contribution in [2.45, 2.75) is 51.7 Å². The van der Waals surface area contributed by atoms with Crippen LogP contribution in [0.1, 0.15) is 36.8 Å². The van der Waals surface area contributed by atoms with Gasteiger partial charge in [0.15, 0.2) is 0 Å². The van der Waals surface area contributed by atoms with E-state index in [0.29, 0.717) is 19.3 Å². The Labute approximate surface area is 116 Å². The van der Waals surface area contributed by atoms with Gasteiger partial charge >= 0.3 is 0 Å². The molecule has 2 N–H and O–H groups in total. The number of hydrogen-bond donors (Lipinski definition) is 2. The quantitative estimate of drug-likeness (QED) is 0.829. The van der Waals surface area contributed by atoms with Gasteiger partial charge in [-0.15, -0.1) is 0 Å². The zero-order valence-electron chi connectivity index (χ0n) is 12.0. The van der Waals surface area contributed by atoms with Gasteiger partial charge in [0.05, 0.1) is 18.8 Å². The number of rotatable bonds is 6. The lowest BCUT2D eigenvalue weighted by Gasteiger charge is -2.17. The van der Waals surface area contributed by atoms with E-state index >= 15 is 0 Å². The summed E-state index contributed by atoms with van der Waals surface area (Å²) in [6.45, 7) is 5.12. The zero-order chi connectivity index (χ0) is 13.7. The minimum Gasteiger partial charge on any atom is -0.389 e. The molecule has 1 atom stereocenters. The molecule has 0 spiro atoms. The standard InChI is InChI=1S/C16H25NO2/c1-12-7-8-13(2)16(9-12)17-10-14(18)11-19-15-5-3-4-6-15/h7-9,14-15,17-18H,3-6,10-11H2,1-2H3. The van der Waals surface area contributed by atoms with E-state index in [1.165, 1.54) is 24.0 Å². The predicted molar refractivity (Wildman–Crippen MR) is 78.6 cm³/mol. The Morgan fingerprint density at radius 2 is 2.05 bits per heavy atom. The van der Waals surface area contributed by atoms with Crippen LogP contribution in [0, 0.1) is 13.8 Å². The summed E-state index contributed by atoms with van der Waals surface area (Å²) in [5.74, 6) is 0. The highest BCUT2D eigenvalue weighted by atomic mass is 16.5. The highest BCUT2D eigenvalue weighted by Gasteiger charge is 2.16. The lowest BCUT2D eigenvalue weighted by Crippen LogP contribution is -2.27.